The molecule has 29 heavy (non-hydrogen) atoms. The number of nitrogens with zero attached hydrogens (tertiary/aromatic N) is 3. The number of nitrogens with one attached hydrogen (secondary N) is 2. The topological polar surface area (TPSA) is 77.1 Å². The molecule has 0 bridgehead atoms. The van der Waals surface area contributed by atoms with Crippen molar-refractivity contribution in [2.75, 3.05) is 24.3 Å². The molecule has 150 valence electrons. The quantitative estimate of drug-likeness (QED) is 0.404. The summed E-state index contributed by atoms with van der Waals surface area (Å²) in [4.78, 5) is 13.4. The van der Waals surface area contributed by atoms with Gasteiger partial charge in [0.05, 0.1) is 11.4 Å². The van der Waals surface area contributed by atoms with Gasteiger partial charge in [0.2, 0.25) is 5.88 Å². The van der Waals surface area contributed by atoms with E-state index in [1.807, 2.05) is 26.2 Å². The molecule has 1 aromatic carbocycles. The minimum Gasteiger partial charge on any atom is -0.493 e. The lowest BCUT2D eigenvalue weighted by Gasteiger charge is -2.20. The van der Waals surface area contributed by atoms with Crippen LogP contribution in [0.15, 0.2) is 48.8 Å². The molecule has 4 rings (SSSR count). The molecule has 0 unspecified atom stereocenters. The van der Waals surface area contributed by atoms with Crippen LogP contribution in [0.2, 0.25) is 5.02 Å². The van der Waals surface area contributed by atoms with Crippen molar-refractivity contribution in [2.45, 2.75) is 0 Å². The maximum atomic E-state index is 14.4. The normalized spacial score (nSPS) is 10.6. The molecule has 0 amide bonds. The largest absolute Gasteiger partial charge is 0.493 e. The Morgan fingerprint density at radius 3 is 2.66 bits per heavy atom. The number of halogens is 3. The highest BCUT2D eigenvalue weighted by Gasteiger charge is 2.18. The van der Waals surface area contributed by atoms with Crippen molar-refractivity contribution in [3.63, 3.8) is 0 Å². The van der Waals surface area contributed by atoms with Crippen LogP contribution in [-0.4, -0.2) is 34.2 Å². The summed E-state index contributed by atoms with van der Waals surface area (Å²) in [7, 11) is 3.62. The fourth-order valence-electron chi connectivity index (χ4n) is 3.04. The Hall–Kier alpha value is -3.03. The zero-order chi connectivity index (χ0) is 19.8. The smallest absolute Gasteiger partial charge is 0.221 e. The van der Waals surface area contributed by atoms with E-state index in [9.17, 15) is 9.50 Å². The van der Waals surface area contributed by atoms with E-state index >= 15 is 0 Å². The van der Waals surface area contributed by atoms with E-state index < -0.39 is 5.82 Å². The lowest BCUT2D eigenvalue weighted by molar-refractivity contribution is 0.455. The van der Waals surface area contributed by atoms with Crippen LogP contribution in [0.1, 0.15) is 0 Å². The summed E-state index contributed by atoms with van der Waals surface area (Å²) in [6.45, 7) is 0. The van der Waals surface area contributed by atoms with E-state index in [1.165, 1.54) is 18.2 Å². The van der Waals surface area contributed by atoms with Gasteiger partial charge in [0.1, 0.15) is 11.5 Å². The van der Waals surface area contributed by atoms with E-state index in [-0.39, 0.29) is 29.4 Å². The Bertz CT molecular complexity index is 1180. The van der Waals surface area contributed by atoms with E-state index in [0.717, 1.165) is 16.7 Å². The molecule has 0 saturated carbocycles. The van der Waals surface area contributed by atoms with Crippen LogP contribution in [0.3, 0.4) is 0 Å². The van der Waals surface area contributed by atoms with Crippen LogP contribution in [0.5, 0.6) is 5.88 Å². The van der Waals surface area contributed by atoms with E-state index in [4.69, 9.17) is 11.6 Å². The fourth-order valence-corrected chi connectivity index (χ4v) is 3.22. The first-order valence-corrected chi connectivity index (χ1v) is 8.87. The lowest BCUT2D eigenvalue weighted by Crippen LogP contribution is -2.13. The number of pyridine rings is 2. The summed E-state index contributed by atoms with van der Waals surface area (Å²) in [5, 5.41) is 15.0. The van der Waals surface area contributed by atoms with Gasteiger partial charge in [-0.1, -0.05) is 11.6 Å². The molecule has 0 aliphatic carbocycles. The number of benzene rings is 1. The van der Waals surface area contributed by atoms with Gasteiger partial charge in [-0.3, -0.25) is 0 Å². The molecule has 0 fully saturated rings. The van der Waals surface area contributed by atoms with Crippen LogP contribution in [0.25, 0.3) is 22.2 Å². The molecule has 3 aromatic heterocycles. The first kappa shape index (κ1) is 20.7. The Balaban J connectivity index is 0.00000240. The number of aromatic nitrogens is 3. The van der Waals surface area contributed by atoms with Crippen LogP contribution < -0.4 is 10.2 Å². The summed E-state index contributed by atoms with van der Waals surface area (Å²) in [6, 6.07) is 9.58. The molecule has 3 heterocycles. The minimum absolute atomic E-state index is 0. The maximum Gasteiger partial charge on any atom is 0.221 e. The number of aromatic hydroxyl groups is 1. The zero-order valence-corrected chi connectivity index (χ0v) is 17.1. The number of fused-ring (bicyclic) bond motifs is 1. The molecule has 6 nitrogen and oxygen atoms in total. The summed E-state index contributed by atoms with van der Waals surface area (Å²) in [5.41, 5.74) is 2.56. The highest BCUT2D eigenvalue weighted by Crippen LogP contribution is 2.39. The van der Waals surface area contributed by atoms with E-state index in [0.29, 0.717) is 16.5 Å². The molecule has 0 radical (unpaired) electrons. The van der Waals surface area contributed by atoms with Crippen LogP contribution >= 0.6 is 24.0 Å². The van der Waals surface area contributed by atoms with Crippen LogP contribution in [-0.2, 0) is 0 Å². The fraction of sp³-hybridized carbons (Fsp3) is 0.100. The number of H-pyrrole nitrogens is 1. The number of anilines is 3. The minimum atomic E-state index is -0.498. The van der Waals surface area contributed by atoms with Gasteiger partial charge in [0, 0.05) is 48.0 Å². The van der Waals surface area contributed by atoms with Gasteiger partial charge in [-0.15, -0.1) is 12.4 Å². The molecular weight excluding hydrogens is 416 g/mol. The molecule has 4 aromatic rings. The predicted molar refractivity (Wildman–Crippen MR) is 117 cm³/mol. The predicted octanol–water partition coefficient (Wildman–Crippen LogP) is 5.35. The monoisotopic (exact) mass is 433 g/mol. The average molecular weight is 434 g/mol. The van der Waals surface area contributed by atoms with Gasteiger partial charge in [0.15, 0.2) is 5.82 Å². The Morgan fingerprint density at radius 2 is 1.90 bits per heavy atom. The number of aromatic amines is 1. The van der Waals surface area contributed by atoms with Crippen molar-refractivity contribution in [3.8, 4) is 17.0 Å². The average Bonchev–Trinajstić information content (AvgIpc) is 3.14. The number of rotatable bonds is 4. The molecule has 0 saturated heterocycles. The SMILES string of the molecule is CN(C)c1nc(O)c(-c2cc(Cl)ccc2F)cc1Nc1ccnc2[nH]ccc12.Cl. The third-order valence-electron chi connectivity index (χ3n) is 4.35. The zero-order valence-electron chi connectivity index (χ0n) is 15.6. The Morgan fingerprint density at radius 1 is 1.10 bits per heavy atom. The van der Waals surface area contributed by atoms with Crippen molar-refractivity contribution < 1.29 is 9.50 Å². The van der Waals surface area contributed by atoms with Gasteiger partial charge < -0.3 is 20.3 Å². The Kier molecular flexibility index (Phi) is 5.81. The highest BCUT2D eigenvalue weighted by molar-refractivity contribution is 6.30. The van der Waals surface area contributed by atoms with Gasteiger partial charge in [0.25, 0.3) is 0 Å². The first-order valence-electron chi connectivity index (χ1n) is 8.50. The van der Waals surface area contributed by atoms with Crippen molar-refractivity contribution in [1.29, 1.82) is 0 Å². The molecule has 9 heteroatoms. The van der Waals surface area contributed by atoms with Crippen LogP contribution in [0, 0.1) is 5.82 Å². The van der Waals surface area contributed by atoms with Gasteiger partial charge in [-0.05, 0) is 36.4 Å². The summed E-state index contributed by atoms with van der Waals surface area (Å²) in [6.07, 6.45) is 3.49. The molecule has 3 N–H and O–H groups in total. The van der Waals surface area contributed by atoms with Gasteiger partial charge in [-0.25, -0.2) is 9.37 Å². The second-order valence-electron chi connectivity index (χ2n) is 6.47. The Labute approximate surface area is 177 Å². The van der Waals surface area contributed by atoms with Gasteiger partial charge in [-0.2, -0.15) is 4.98 Å². The maximum absolute atomic E-state index is 14.4. The standard InChI is InChI=1S/C20H17ClFN5O.ClH/c1-27(2)19-17(25-16-6-8-24-18-12(16)5-7-23-18)10-14(20(28)26-19)13-9-11(21)3-4-15(13)22;/h3-10H,1-2H3,(H,26,28)(H2,23,24,25);1H. The summed E-state index contributed by atoms with van der Waals surface area (Å²) < 4.78 is 14.4. The molecule has 0 aliphatic rings. The second kappa shape index (κ2) is 8.14. The van der Waals surface area contributed by atoms with E-state index in [1.54, 1.807) is 23.4 Å². The summed E-state index contributed by atoms with van der Waals surface area (Å²) in [5.74, 6) is -0.275. The third kappa shape index (κ3) is 3.92. The first-order chi connectivity index (χ1) is 13.4. The number of hydrogen-bond acceptors (Lipinski definition) is 5. The molecule has 0 aliphatic heterocycles. The van der Waals surface area contributed by atoms with Crippen LogP contribution in [0.4, 0.5) is 21.6 Å². The highest BCUT2D eigenvalue weighted by atomic mass is 35.5. The molecule has 0 atom stereocenters. The number of hydrogen-bond donors (Lipinski definition) is 3. The summed E-state index contributed by atoms with van der Waals surface area (Å²) >= 11 is 6.02. The lowest BCUT2D eigenvalue weighted by atomic mass is 10.1. The second-order valence-corrected chi connectivity index (χ2v) is 6.91. The van der Waals surface area contributed by atoms with Crippen molar-refractivity contribution in [1.82, 2.24) is 15.0 Å². The van der Waals surface area contributed by atoms with Crippen molar-refractivity contribution >= 4 is 52.2 Å². The van der Waals surface area contributed by atoms with E-state index in [2.05, 4.69) is 20.3 Å². The molecular formula is C20H18Cl2FN5O. The van der Waals surface area contributed by atoms with Crippen molar-refractivity contribution in [2.24, 2.45) is 0 Å². The van der Waals surface area contributed by atoms with Crippen molar-refractivity contribution in [3.05, 3.63) is 59.6 Å². The third-order valence-corrected chi connectivity index (χ3v) is 4.59. The van der Waals surface area contributed by atoms with Gasteiger partial charge >= 0.3 is 0 Å². The molecule has 0 spiro atoms.